The first-order valence-corrected chi connectivity index (χ1v) is 7.23. The van der Waals surface area contributed by atoms with Crippen molar-refractivity contribution in [3.8, 4) is 0 Å². The Labute approximate surface area is 110 Å². The van der Waals surface area contributed by atoms with Crippen molar-refractivity contribution in [1.82, 2.24) is 5.32 Å². The van der Waals surface area contributed by atoms with Crippen LogP contribution in [0, 0.1) is 0 Å². The lowest BCUT2D eigenvalue weighted by atomic mass is 9.89. The van der Waals surface area contributed by atoms with Crippen LogP contribution < -0.4 is 5.32 Å². The molecule has 2 rings (SSSR count). The van der Waals surface area contributed by atoms with Gasteiger partial charge in [0.1, 0.15) is 0 Å². The Kier molecular flexibility index (Phi) is 4.79. The lowest BCUT2D eigenvalue weighted by Gasteiger charge is -2.23. The predicted molar refractivity (Wildman–Crippen MR) is 75.8 cm³/mol. The normalized spacial score (nSPS) is 18.2. The van der Waals surface area contributed by atoms with E-state index in [1.54, 1.807) is 0 Å². The molecule has 2 nitrogen and oxygen atoms in total. The van der Waals surface area contributed by atoms with Gasteiger partial charge in [-0.2, -0.15) is 0 Å². The Hall–Kier alpha value is -0.860. The average Bonchev–Trinajstić information content (AvgIpc) is 2.44. The Morgan fingerprint density at radius 1 is 1.22 bits per heavy atom. The van der Waals surface area contributed by atoms with Crippen LogP contribution in [0.25, 0.3) is 0 Å². The third-order valence-corrected chi connectivity index (χ3v) is 4.06. The molecule has 2 atom stereocenters. The van der Waals surface area contributed by atoms with E-state index < -0.39 is 0 Å². The van der Waals surface area contributed by atoms with Crippen LogP contribution >= 0.6 is 0 Å². The SMILES string of the molecule is CC[C@H](C)N[C@@H](CO)c1ccc2c(c1)CCCC2. The van der Waals surface area contributed by atoms with Crippen molar-refractivity contribution in [3.63, 3.8) is 0 Å². The highest BCUT2D eigenvalue weighted by Gasteiger charge is 2.15. The van der Waals surface area contributed by atoms with Crippen LogP contribution in [0.4, 0.5) is 0 Å². The minimum absolute atomic E-state index is 0.0761. The summed E-state index contributed by atoms with van der Waals surface area (Å²) in [7, 11) is 0. The maximum absolute atomic E-state index is 9.57. The molecule has 0 spiro atoms. The molecule has 1 aliphatic rings. The van der Waals surface area contributed by atoms with E-state index in [1.807, 2.05) is 0 Å². The van der Waals surface area contributed by atoms with Crippen molar-refractivity contribution in [3.05, 3.63) is 34.9 Å². The van der Waals surface area contributed by atoms with Crippen LogP contribution in [0.1, 0.15) is 55.8 Å². The predicted octanol–water partition coefficient (Wildman–Crippen LogP) is 2.99. The summed E-state index contributed by atoms with van der Waals surface area (Å²) < 4.78 is 0. The lowest BCUT2D eigenvalue weighted by Crippen LogP contribution is -2.32. The second-order valence-corrected chi connectivity index (χ2v) is 5.45. The average molecular weight is 247 g/mol. The number of rotatable bonds is 5. The zero-order valence-electron chi connectivity index (χ0n) is 11.6. The molecule has 0 heterocycles. The molecule has 0 saturated heterocycles. The number of aliphatic hydroxyl groups excluding tert-OH is 1. The summed E-state index contributed by atoms with van der Waals surface area (Å²) in [4.78, 5) is 0. The molecule has 0 unspecified atom stereocenters. The minimum Gasteiger partial charge on any atom is -0.394 e. The number of aryl methyl sites for hydroxylation is 2. The van der Waals surface area contributed by atoms with Gasteiger partial charge in [0, 0.05) is 6.04 Å². The summed E-state index contributed by atoms with van der Waals surface area (Å²) in [5.41, 5.74) is 4.23. The highest BCUT2D eigenvalue weighted by molar-refractivity contribution is 5.35. The Bertz CT molecular complexity index is 389. The second kappa shape index (κ2) is 6.35. The monoisotopic (exact) mass is 247 g/mol. The molecule has 1 aliphatic carbocycles. The number of aliphatic hydroxyl groups is 1. The molecule has 0 radical (unpaired) electrons. The quantitative estimate of drug-likeness (QED) is 0.838. The van der Waals surface area contributed by atoms with Gasteiger partial charge in [0.25, 0.3) is 0 Å². The first-order valence-electron chi connectivity index (χ1n) is 7.23. The van der Waals surface area contributed by atoms with Gasteiger partial charge in [0.05, 0.1) is 12.6 Å². The topological polar surface area (TPSA) is 32.3 Å². The zero-order valence-corrected chi connectivity index (χ0v) is 11.6. The van der Waals surface area contributed by atoms with Crippen LogP contribution in [-0.2, 0) is 12.8 Å². The number of nitrogens with one attached hydrogen (secondary N) is 1. The molecule has 0 fully saturated rings. The number of benzene rings is 1. The summed E-state index contributed by atoms with van der Waals surface area (Å²) in [5, 5.41) is 13.1. The first-order chi connectivity index (χ1) is 8.74. The van der Waals surface area contributed by atoms with Gasteiger partial charge < -0.3 is 10.4 Å². The van der Waals surface area contributed by atoms with Crippen molar-refractivity contribution in [2.24, 2.45) is 0 Å². The van der Waals surface area contributed by atoms with E-state index in [1.165, 1.54) is 42.4 Å². The van der Waals surface area contributed by atoms with Crippen LogP contribution in [0.3, 0.4) is 0 Å². The van der Waals surface area contributed by atoms with E-state index in [4.69, 9.17) is 0 Å². The van der Waals surface area contributed by atoms with E-state index in [2.05, 4.69) is 37.4 Å². The molecule has 100 valence electrons. The van der Waals surface area contributed by atoms with Gasteiger partial charge in [-0.25, -0.2) is 0 Å². The highest BCUT2D eigenvalue weighted by Crippen LogP contribution is 2.25. The van der Waals surface area contributed by atoms with E-state index in [9.17, 15) is 5.11 Å². The van der Waals surface area contributed by atoms with Crippen LogP contribution in [0.5, 0.6) is 0 Å². The Balaban J connectivity index is 2.15. The van der Waals surface area contributed by atoms with Crippen LogP contribution in [0.15, 0.2) is 18.2 Å². The van der Waals surface area contributed by atoms with Gasteiger partial charge in [-0.1, -0.05) is 25.1 Å². The summed E-state index contributed by atoms with van der Waals surface area (Å²) in [6.07, 6.45) is 6.13. The number of hydrogen-bond acceptors (Lipinski definition) is 2. The molecule has 2 heteroatoms. The van der Waals surface area contributed by atoms with Gasteiger partial charge in [0.2, 0.25) is 0 Å². The van der Waals surface area contributed by atoms with Crippen molar-refractivity contribution < 1.29 is 5.11 Å². The van der Waals surface area contributed by atoms with Gasteiger partial charge in [-0.15, -0.1) is 0 Å². The number of fused-ring (bicyclic) bond motifs is 1. The van der Waals surface area contributed by atoms with Crippen molar-refractivity contribution in [2.45, 2.75) is 58.0 Å². The molecule has 0 amide bonds. The highest BCUT2D eigenvalue weighted by atomic mass is 16.3. The molecule has 0 aromatic heterocycles. The van der Waals surface area contributed by atoms with E-state index in [-0.39, 0.29) is 12.6 Å². The summed E-state index contributed by atoms with van der Waals surface area (Å²) in [6.45, 7) is 4.50. The van der Waals surface area contributed by atoms with Gasteiger partial charge in [-0.05, 0) is 55.7 Å². The molecule has 1 aromatic rings. The molecular weight excluding hydrogens is 222 g/mol. The molecule has 2 N–H and O–H groups in total. The van der Waals surface area contributed by atoms with Gasteiger partial charge in [0.15, 0.2) is 0 Å². The first kappa shape index (κ1) is 13.6. The maximum Gasteiger partial charge on any atom is 0.0626 e. The van der Waals surface area contributed by atoms with Crippen molar-refractivity contribution >= 4 is 0 Å². The summed E-state index contributed by atoms with van der Waals surface area (Å²) in [6, 6.07) is 7.25. The molecule has 0 aliphatic heterocycles. The molecule has 1 aromatic carbocycles. The van der Waals surface area contributed by atoms with Crippen molar-refractivity contribution in [1.29, 1.82) is 0 Å². The molecule has 0 bridgehead atoms. The van der Waals surface area contributed by atoms with E-state index in [0.29, 0.717) is 6.04 Å². The zero-order chi connectivity index (χ0) is 13.0. The van der Waals surface area contributed by atoms with Gasteiger partial charge in [-0.3, -0.25) is 0 Å². The smallest absolute Gasteiger partial charge is 0.0626 e. The van der Waals surface area contributed by atoms with Crippen LogP contribution in [0.2, 0.25) is 0 Å². The fourth-order valence-corrected chi connectivity index (χ4v) is 2.69. The van der Waals surface area contributed by atoms with E-state index >= 15 is 0 Å². The van der Waals surface area contributed by atoms with Gasteiger partial charge >= 0.3 is 0 Å². The summed E-state index contributed by atoms with van der Waals surface area (Å²) >= 11 is 0. The third kappa shape index (κ3) is 3.12. The Morgan fingerprint density at radius 3 is 2.61 bits per heavy atom. The lowest BCUT2D eigenvalue weighted by molar-refractivity contribution is 0.234. The second-order valence-electron chi connectivity index (χ2n) is 5.45. The fraction of sp³-hybridized carbons (Fsp3) is 0.625. The summed E-state index contributed by atoms with van der Waals surface area (Å²) in [5.74, 6) is 0. The van der Waals surface area contributed by atoms with Crippen molar-refractivity contribution in [2.75, 3.05) is 6.61 Å². The Morgan fingerprint density at radius 2 is 1.94 bits per heavy atom. The molecule has 0 saturated carbocycles. The molecule has 18 heavy (non-hydrogen) atoms. The number of hydrogen-bond donors (Lipinski definition) is 2. The third-order valence-electron chi connectivity index (χ3n) is 4.06. The van der Waals surface area contributed by atoms with E-state index in [0.717, 1.165) is 6.42 Å². The molecular formula is C16H25NO. The van der Waals surface area contributed by atoms with Crippen LogP contribution in [-0.4, -0.2) is 17.8 Å². The minimum atomic E-state index is 0.0761. The maximum atomic E-state index is 9.57. The fourth-order valence-electron chi connectivity index (χ4n) is 2.69. The largest absolute Gasteiger partial charge is 0.394 e. The standard InChI is InChI=1S/C16H25NO/c1-3-12(2)17-16(11-18)15-9-8-13-6-4-5-7-14(13)10-15/h8-10,12,16-18H,3-7,11H2,1-2H3/t12-,16-/m0/s1.